The third kappa shape index (κ3) is 2.86. The summed E-state index contributed by atoms with van der Waals surface area (Å²) in [5, 5.41) is 12.9. The van der Waals surface area contributed by atoms with Crippen LogP contribution in [0.3, 0.4) is 0 Å². The van der Waals surface area contributed by atoms with E-state index >= 15 is 0 Å². The molecule has 1 saturated heterocycles. The highest BCUT2D eigenvalue weighted by molar-refractivity contribution is 5.63. The largest absolute Gasteiger partial charge is 0.490 e. The molecule has 5 N–H and O–H groups in total. The number of anilines is 2. The minimum Gasteiger partial charge on any atom is -0.490 e. The van der Waals surface area contributed by atoms with Crippen LogP contribution in [0, 0.1) is 0 Å². The minimum absolute atomic E-state index is 0.00506. The fraction of sp³-hybridized carbons (Fsp3) is 0.636. The summed E-state index contributed by atoms with van der Waals surface area (Å²) in [7, 11) is 1.51. The SMILES string of the molecule is COc1c(NN)ncnc1NC1(CO)CCOCC1. The van der Waals surface area contributed by atoms with Gasteiger partial charge in [-0.3, -0.25) is 0 Å². The summed E-state index contributed by atoms with van der Waals surface area (Å²) >= 11 is 0. The number of hydrazine groups is 1. The summed E-state index contributed by atoms with van der Waals surface area (Å²) in [6.07, 6.45) is 2.77. The Labute approximate surface area is 111 Å². The van der Waals surface area contributed by atoms with Crippen molar-refractivity contribution in [3.05, 3.63) is 6.33 Å². The van der Waals surface area contributed by atoms with Crippen molar-refractivity contribution in [3.8, 4) is 5.75 Å². The molecule has 0 aliphatic carbocycles. The van der Waals surface area contributed by atoms with Gasteiger partial charge in [0, 0.05) is 13.2 Å². The highest BCUT2D eigenvalue weighted by Crippen LogP contribution is 2.33. The number of nitrogen functional groups attached to an aromatic ring is 1. The van der Waals surface area contributed by atoms with Crippen LogP contribution in [0.25, 0.3) is 0 Å². The second-order valence-electron chi connectivity index (χ2n) is 4.42. The maximum absolute atomic E-state index is 9.65. The summed E-state index contributed by atoms with van der Waals surface area (Å²) in [5.74, 6) is 6.69. The van der Waals surface area contributed by atoms with Gasteiger partial charge in [-0.1, -0.05) is 0 Å². The molecule has 19 heavy (non-hydrogen) atoms. The third-order valence-electron chi connectivity index (χ3n) is 3.28. The average Bonchev–Trinajstić information content (AvgIpc) is 2.48. The zero-order valence-electron chi connectivity index (χ0n) is 10.8. The van der Waals surface area contributed by atoms with Gasteiger partial charge in [0.05, 0.1) is 19.3 Å². The van der Waals surface area contributed by atoms with Crippen LogP contribution in [0.1, 0.15) is 12.8 Å². The van der Waals surface area contributed by atoms with Gasteiger partial charge < -0.3 is 25.3 Å². The normalized spacial score (nSPS) is 17.8. The predicted molar refractivity (Wildman–Crippen MR) is 69.9 cm³/mol. The van der Waals surface area contributed by atoms with E-state index in [1.807, 2.05) is 0 Å². The highest BCUT2D eigenvalue weighted by atomic mass is 16.5. The molecule has 1 aliphatic rings. The highest BCUT2D eigenvalue weighted by Gasteiger charge is 2.33. The molecule has 1 aromatic rings. The Morgan fingerprint density at radius 3 is 2.68 bits per heavy atom. The molecular weight excluding hydrogens is 250 g/mol. The van der Waals surface area contributed by atoms with Crippen molar-refractivity contribution in [2.75, 3.05) is 37.7 Å². The molecule has 1 aliphatic heterocycles. The number of methoxy groups -OCH3 is 1. The maximum atomic E-state index is 9.65. The van der Waals surface area contributed by atoms with Gasteiger partial charge in [0.2, 0.25) is 5.75 Å². The van der Waals surface area contributed by atoms with E-state index in [0.29, 0.717) is 43.4 Å². The predicted octanol–water partition coefficient (Wildman–Crippen LogP) is -0.276. The Hall–Kier alpha value is -1.64. The van der Waals surface area contributed by atoms with Gasteiger partial charge in [0.15, 0.2) is 11.6 Å². The number of aromatic nitrogens is 2. The summed E-state index contributed by atoms with van der Waals surface area (Å²) in [6.45, 7) is 1.20. The lowest BCUT2D eigenvalue weighted by molar-refractivity contribution is 0.0377. The quantitative estimate of drug-likeness (QED) is 0.426. The maximum Gasteiger partial charge on any atom is 0.205 e. The van der Waals surface area contributed by atoms with E-state index in [2.05, 4.69) is 20.7 Å². The minimum atomic E-state index is -0.453. The van der Waals surface area contributed by atoms with Gasteiger partial charge in [-0.05, 0) is 12.8 Å². The Balaban J connectivity index is 2.26. The Morgan fingerprint density at radius 1 is 1.42 bits per heavy atom. The van der Waals surface area contributed by atoms with E-state index in [-0.39, 0.29) is 6.61 Å². The molecule has 106 valence electrons. The molecule has 0 spiro atoms. The summed E-state index contributed by atoms with van der Waals surface area (Å²) in [6, 6.07) is 0. The molecule has 1 fully saturated rings. The van der Waals surface area contributed by atoms with Crippen molar-refractivity contribution in [1.29, 1.82) is 0 Å². The standard InChI is InChI=1S/C11H19N5O3/c1-18-8-9(13-7-14-10(8)16-12)15-11(6-17)2-4-19-5-3-11/h7,17H,2-6,12H2,1H3,(H2,13,14,15,16). The van der Waals surface area contributed by atoms with Crippen LogP contribution in [0.4, 0.5) is 11.6 Å². The summed E-state index contributed by atoms with van der Waals surface area (Å²) in [4.78, 5) is 8.12. The number of hydrogen-bond acceptors (Lipinski definition) is 8. The molecule has 0 bridgehead atoms. The van der Waals surface area contributed by atoms with E-state index in [9.17, 15) is 5.11 Å². The number of ether oxygens (including phenoxy) is 2. The Bertz CT molecular complexity index is 423. The molecule has 0 unspecified atom stereocenters. The second kappa shape index (κ2) is 6.00. The number of nitrogens with one attached hydrogen (secondary N) is 2. The molecule has 0 amide bonds. The smallest absolute Gasteiger partial charge is 0.205 e. The molecule has 0 aromatic carbocycles. The Morgan fingerprint density at radius 2 is 2.11 bits per heavy atom. The van der Waals surface area contributed by atoms with Crippen LogP contribution in [-0.4, -0.2) is 47.5 Å². The van der Waals surface area contributed by atoms with E-state index in [1.54, 1.807) is 0 Å². The van der Waals surface area contributed by atoms with Crippen LogP contribution < -0.4 is 21.3 Å². The van der Waals surface area contributed by atoms with Crippen LogP contribution in [0.15, 0.2) is 6.33 Å². The van der Waals surface area contributed by atoms with Gasteiger partial charge >= 0.3 is 0 Å². The van der Waals surface area contributed by atoms with Gasteiger partial charge in [-0.2, -0.15) is 0 Å². The Kier molecular flexibility index (Phi) is 4.35. The topological polar surface area (TPSA) is 115 Å². The molecule has 0 radical (unpaired) electrons. The number of rotatable bonds is 5. The molecule has 8 nitrogen and oxygen atoms in total. The van der Waals surface area contributed by atoms with Crippen molar-refractivity contribution in [2.24, 2.45) is 5.84 Å². The molecule has 0 atom stereocenters. The molecule has 1 aromatic heterocycles. The number of nitrogens with two attached hydrogens (primary N) is 1. The van der Waals surface area contributed by atoms with E-state index in [4.69, 9.17) is 15.3 Å². The van der Waals surface area contributed by atoms with Gasteiger partial charge in [-0.25, -0.2) is 15.8 Å². The molecule has 2 rings (SSSR count). The third-order valence-corrected chi connectivity index (χ3v) is 3.28. The van der Waals surface area contributed by atoms with E-state index < -0.39 is 5.54 Å². The second-order valence-corrected chi connectivity index (χ2v) is 4.42. The fourth-order valence-corrected chi connectivity index (χ4v) is 2.09. The van der Waals surface area contributed by atoms with Crippen molar-refractivity contribution >= 4 is 11.6 Å². The van der Waals surface area contributed by atoms with Crippen LogP contribution in [0.5, 0.6) is 5.75 Å². The van der Waals surface area contributed by atoms with Crippen molar-refractivity contribution in [2.45, 2.75) is 18.4 Å². The first-order valence-electron chi connectivity index (χ1n) is 6.07. The summed E-state index contributed by atoms with van der Waals surface area (Å²) in [5.41, 5.74) is 2.00. The van der Waals surface area contributed by atoms with Gasteiger partial charge in [0.1, 0.15) is 6.33 Å². The first-order chi connectivity index (χ1) is 9.24. The lowest BCUT2D eigenvalue weighted by Crippen LogP contribution is -2.47. The van der Waals surface area contributed by atoms with Crippen molar-refractivity contribution in [1.82, 2.24) is 9.97 Å². The van der Waals surface area contributed by atoms with Gasteiger partial charge in [0.25, 0.3) is 0 Å². The molecule has 8 heteroatoms. The first-order valence-corrected chi connectivity index (χ1v) is 6.07. The van der Waals surface area contributed by atoms with Gasteiger partial charge in [-0.15, -0.1) is 0 Å². The number of hydrogen-bond donors (Lipinski definition) is 4. The first kappa shape index (κ1) is 13.8. The lowest BCUT2D eigenvalue weighted by atomic mass is 9.91. The van der Waals surface area contributed by atoms with E-state index in [1.165, 1.54) is 13.4 Å². The van der Waals surface area contributed by atoms with E-state index in [0.717, 1.165) is 0 Å². The van der Waals surface area contributed by atoms with Crippen molar-refractivity contribution < 1.29 is 14.6 Å². The average molecular weight is 269 g/mol. The lowest BCUT2D eigenvalue weighted by Gasteiger charge is -2.37. The summed E-state index contributed by atoms with van der Waals surface area (Å²) < 4.78 is 10.6. The molecule has 0 saturated carbocycles. The molecule has 2 heterocycles. The monoisotopic (exact) mass is 269 g/mol. The van der Waals surface area contributed by atoms with Crippen LogP contribution >= 0.6 is 0 Å². The number of aliphatic hydroxyl groups is 1. The van der Waals surface area contributed by atoms with Crippen molar-refractivity contribution in [3.63, 3.8) is 0 Å². The zero-order chi connectivity index (χ0) is 13.7. The van der Waals surface area contributed by atoms with Crippen LogP contribution in [-0.2, 0) is 4.74 Å². The molecular formula is C11H19N5O3. The van der Waals surface area contributed by atoms with Crippen LogP contribution in [0.2, 0.25) is 0 Å². The zero-order valence-corrected chi connectivity index (χ0v) is 10.8. The fourth-order valence-electron chi connectivity index (χ4n) is 2.09. The number of aliphatic hydroxyl groups excluding tert-OH is 1. The number of nitrogens with zero attached hydrogens (tertiary/aromatic N) is 2.